The van der Waals surface area contributed by atoms with Gasteiger partial charge in [-0.05, 0) is 31.2 Å². The SMILES string of the molecule is CC1CC(=O)Nc2ccccc2N1C(=O)CSc1n[nH]c(-c2ccncc2)n1. The lowest BCUT2D eigenvalue weighted by molar-refractivity contribution is -0.117. The predicted molar refractivity (Wildman–Crippen MR) is 107 cm³/mol. The summed E-state index contributed by atoms with van der Waals surface area (Å²) in [7, 11) is 0. The standard InChI is InChI=1S/C19H18N6O2S/c1-12-10-16(26)21-14-4-2-3-5-15(14)25(12)17(27)11-28-19-22-18(23-24-19)13-6-8-20-9-7-13/h2-9,12H,10-11H2,1H3,(H,21,26)(H,22,23,24). The lowest BCUT2D eigenvalue weighted by Gasteiger charge is -2.27. The average Bonchev–Trinajstić information content (AvgIpc) is 3.12. The molecule has 0 saturated carbocycles. The Hall–Kier alpha value is -3.20. The molecule has 2 N–H and O–H groups in total. The molecule has 2 amide bonds. The maximum atomic E-state index is 13.0. The summed E-state index contributed by atoms with van der Waals surface area (Å²) in [5.41, 5.74) is 2.23. The molecule has 8 nitrogen and oxygen atoms in total. The third kappa shape index (κ3) is 3.74. The predicted octanol–water partition coefficient (Wildman–Crippen LogP) is 2.72. The summed E-state index contributed by atoms with van der Waals surface area (Å²) in [5.74, 6) is 0.594. The number of benzene rings is 1. The number of aromatic nitrogens is 4. The second-order valence-electron chi connectivity index (χ2n) is 6.37. The van der Waals surface area contributed by atoms with Gasteiger partial charge in [-0.2, -0.15) is 0 Å². The first-order chi connectivity index (χ1) is 13.6. The molecule has 4 rings (SSSR count). The number of nitrogens with zero attached hydrogens (tertiary/aromatic N) is 4. The van der Waals surface area contributed by atoms with Crippen LogP contribution >= 0.6 is 11.8 Å². The highest BCUT2D eigenvalue weighted by molar-refractivity contribution is 7.99. The first-order valence-electron chi connectivity index (χ1n) is 8.78. The topological polar surface area (TPSA) is 104 Å². The maximum Gasteiger partial charge on any atom is 0.237 e. The number of carbonyl (C=O) groups excluding carboxylic acids is 2. The number of hydrogen-bond donors (Lipinski definition) is 2. The number of anilines is 2. The number of rotatable bonds is 4. The second kappa shape index (κ2) is 7.81. The fraction of sp³-hybridized carbons (Fsp3) is 0.211. The van der Waals surface area contributed by atoms with Crippen molar-refractivity contribution in [2.45, 2.75) is 24.5 Å². The highest BCUT2D eigenvalue weighted by atomic mass is 32.2. The number of fused-ring (bicyclic) bond motifs is 1. The molecule has 1 aliphatic heterocycles. The zero-order valence-corrected chi connectivity index (χ0v) is 15.9. The van der Waals surface area contributed by atoms with E-state index in [2.05, 4.69) is 25.5 Å². The molecule has 142 valence electrons. The van der Waals surface area contributed by atoms with Gasteiger partial charge in [-0.1, -0.05) is 23.9 Å². The van der Waals surface area contributed by atoms with E-state index >= 15 is 0 Å². The minimum Gasteiger partial charge on any atom is -0.324 e. The van der Waals surface area contributed by atoms with Crippen molar-refractivity contribution >= 4 is 35.0 Å². The fourth-order valence-corrected chi connectivity index (χ4v) is 3.77. The summed E-state index contributed by atoms with van der Waals surface area (Å²) in [5, 5.41) is 10.4. The Bertz CT molecular complexity index is 1010. The molecule has 1 aliphatic rings. The van der Waals surface area contributed by atoms with Gasteiger partial charge in [0.25, 0.3) is 0 Å². The van der Waals surface area contributed by atoms with Gasteiger partial charge in [0.2, 0.25) is 17.0 Å². The van der Waals surface area contributed by atoms with Crippen LogP contribution in [0.25, 0.3) is 11.4 Å². The fourth-order valence-electron chi connectivity index (χ4n) is 3.11. The zero-order valence-electron chi connectivity index (χ0n) is 15.1. The Morgan fingerprint density at radius 1 is 1.25 bits per heavy atom. The first kappa shape index (κ1) is 18.2. The van der Waals surface area contributed by atoms with E-state index in [4.69, 9.17) is 0 Å². The van der Waals surface area contributed by atoms with Gasteiger partial charge >= 0.3 is 0 Å². The summed E-state index contributed by atoms with van der Waals surface area (Å²) >= 11 is 1.26. The highest BCUT2D eigenvalue weighted by Gasteiger charge is 2.29. The Labute approximate surface area is 165 Å². The molecular formula is C19H18N6O2S. The lowest BCUT2D eigenvalue weighted by Crippen LogP contribution is -2.40. The number of amides is 2. The van der Waals surface area contributed by atoms with Crippen molar-refractivity contribution in [1.29, 1.82) is 0 Å². The quantitative estimate of drug-likeness (QED) is 0.660. The largest absolute Gasteiger partial charge is 0.324 e. The van der Waals surface area contributed by atoms with E-state index in [0.717, 1.165) is 5.56 Å². The van der Waals surface area contributed by atoms with Gasteiger partial charge in [0.1, 0.15) is 0 Å². The summed E-state index contributed by atoms with van der Waals surface area (Å²) in [4.78, 5) is 35.1. The van der Waals surface area contributed by atoms with E-state index in [1.165, 1.54) is 11.8 Å². The van der Waals surface area contributed by atoms with Gasteiger partial charge in [0.05, 0.1) is 17.1 Å². The van der Waals surface area contributed by atoms with E-state index < -0.39 is 0 Å². The van der Waals surface area contributed by atoms with Crippen LogP contribution < -0.4 is 10.2 Å². The molecular weight excluding hydrogens is 376 g/mol. The van der Waals surface area contributed by atoms with Crippen LogP contribution in [0.4, 0.5) is 11.4 Å². The number of H-pyrrole nitrogens is 1. The minimum atomic E-state index is -0.240. The summed E-state index contributed by atoms with van der Waals surface area (Å²) in [6.45, 7) is 1.87. The van der Waals surface area contributed by atoms with Crippen molar-refractivity contribution in [3.05, 3.63) is 48.8 Å². The van der Waals surface area contributed by atoms with Crippen LogP contribution in [-0.2, 0) is 9.59 Å². The molecule has 1 aromatic carbocycles. The Balaban J connectivity index is 1.49. The molecule has 2 aromatic heterocycles. The van der Waals surface area contributed by atoms with E-state index in [9.17, 15) is 9.59 Å². The molecule has 28 heavy (non-hydrogen) atoms. The Kier molecular flexibility index (Phi) is 5.07. The smallest absolute Gasteiger partial charge is 0.237 e. The number of thioether (sulfide) groups is 1. The molecule has 0 spiro atoms. The van der Waals surface area contributed by atoms with Crippen molar-refractivity contribution in [3.8, 4) is 11.4 Å². The van der Waals surface area contributed by atoms with Crippen molar-refractivity contribution in [1.82, 2.24) is 20.2 Å². The van der Waals surface area contributed by atoms with Gasteiger partial charge in [0.15, 0.2) is 5.82 Å². The Morgan fingerprint density at radius 3 is 2.86 bits per heavy atom. The van der Waals surface area contributed by atoms with Gasteiger partial charge in [-0.25, -0.2) is 4.98 Å². The monoisotopic (exact) mass is 394 g/mol. The second-order valence-corrected chi connectivity index (χ2v) is 7.32. The van der Waals surface area contributed by atoms with Crippen LogP contribution in [0, 0.1) is 0 Å². The average molecular weight is 394 g/mol. The molecule has 1 atom stereocenters. The third-order valence-corrected chi connectivity index (χ3v) is 5.20. The molecule has 0 fully saturated rings. The van der Waals surface area contributed by atoms with Crippen molar-refractivity contribution < 1.29 is 9.59 Å². The number of nitrogens with one attached hydrogen (secondary N) is 2. The number of pyridine rings is 1. The van der Waals surface area contributed by atoms with Gasteiger partial charge < -0.3 is 10.2 Å². The summed E-state index contributed by atoms with van der Waals surface area (Å²) in [6, 6.07) is 10.8. The van der Waals surface area contributed by atoms with E-state index in [-0.39, 0.29) is 30.0 Å². The zero-order chi connectivity index (χ0) is 19.5. The minimum absolute atomic E-state index is 0.0983. The van der Waals surface area contributed by atoms with E-state index in [0.29, 0.717) is 22.4 Å². The Morgan fingerprint density at radius 2 is 2.04 bits per heavy atom. The van der Waals surface area contributed by atoms with Crippen LogP contribution in [0.5, 0.6) is 0 Å². The van der Waals surface area contributed by atoms with Crippen molar-refractivity contribution in [2.75, 3.05) is 16.0 Å². The van der Waals surface area contributed by atoms with E-state index in [1.807, 2.05) is 37.3 Å². The lowest BCUT2D eigenvalue weighted by atomic mass is 10.2. The van der Waals surface area contributed by atoms with Gasteiger partial charge in [0, 0.05) is 30.4 Å². The van der Waals surface area contributed by atoms with Crippen LogP contribution in [0.3, 0.4) is 0 Å². The van der Waals surface area contributed by atoms with E-state index in [1.54, 1.807) is 23.4 Å². The molecule has 1 unspecified atom stereocenters. The number of hydrogen-bond acceptors (Lipinski definition) is 6. The first-order valence-corrected chi connectivity index (χ1v) is 9.77. The van der Waals surface area contributed by atoms with Crippen LogP contribution in [0.2, 0.25) is 0 Å². The number of carbonyl (C=O) groups is 2. The van der Waals surface area contributed by atoms with Crippen molar-refractivity contribution in [3.63, 3.8) is 0 Å². The molecule has 9 heteroatoms. The van der Waals surface area contributed by atoms with Crippen molar-refractivity contribution in [2.24, 2.45) is 0 Å². The highest BCUT2D eigenvalue weighted by Crippen LogP contribution is 2.32. The van der Waals surface area contributed by atoms with Gasteiger partial charge in [-0.15, -0.1) is 5.10 Å². The normalized spacial score (nSPS) is 16.2. The molecule has 3 heterocycles. The summed E-state index contributed by atoms with van der Waals surface area (Å²) in [6.07, 6.45) is 3.61. The molecule has 0 bridgehead atoms. The number of para-hydroxylation sites is 2. The third-order valence-electron chi connectivity index (χ3n) is 4.37. The molecule has 3 aromatic rings. The molecule has 0 aliphatic carbocycles. The number of aromatic amines is 1. The van der Waals surface area contributed by atoms with Crippen LogP contribution in [0.1, 0.15) is 13.3 Å². The van der Waals surface area contributed by atoms with Gasteiger partial charge in [-0.3, -0.25) is 19.7 Å². The molecule has 0 radical (unpaired) electrons. The van der Waals surface area contributed by atoms with Crippen LogP contribution in [0.15, 0.2) is 53.9 Å². The molecule has 0 saturated heterocycles. The maximum absolute atomic E-state index is 13.0. The summed E-state index contributed by atoms with van der Waals surface area (Å²) < 4.78 is 0. The van der Waals surface area contributed by atoms with Crippen LogP contribution in [-0.4, -0.2) is 43.8 Å².